The number of hydrogen-bond acceptors (Lipinski definition) is 4. The lowest BCUT2D eigenvalue weighted by Crippen LogP contribution is -2.51. The SMILES string of the molecule is COc1ccc(CN2CCN(C(=O)NCCn3c(C)nc4ccccc43)CC2)cc1F. The Hall–Kier alpha value is -3.13. The third-order valence-corrected chi connectivity index (χ3v) is 5.74. The molecule has 0 aliphatic carbocycles. The van der Waals surface area contributed by atoms with Crippen LogP contribution in [0.5, 0.6) is 5.75 Å². The largest absolute Gasteiger partial charge is 0.494 e. The molecule has 7 nitrogen and oxygen atoms in total. The molecule has 2 heterocycles. The summed E-state index contributed by atoms with van der Waals surface area (Å²) in [4.78, 5) is 21.2. The van der Waals surface area contributed by atoms with Gasteiger partial charge >= 0.3 is 6.03 Å². The summed E-state index contributed by atoms with van der Waals surface area (Å²) in [5.41, 5.74) is 2.95. The number of ether oxygens (including phenoxy) is 1. The van der Waals surface area contributed by atoms with Gasteiger partial charge in [-0.15, -0.1) is 0 Å². The average Bonchev–Trinajstić information content (AvgIpc) is 3.09. The van der Waals surface area contributed by atoms with Gasteiger partial charge in [0.2, 0.25) is 0 Å². The maximum absolute atomic E-state index is 13.9. The van der Waals surface area contributed by atoms with Crippen molar-refractivity contribution in [1.82, 2.24) is 24.7 Å². The highest BCUT2D eigenvalue weighted by Gasteiger charge is 2.21. The highest BCUT2D eigenvalue weighted by Crippen LogP contribution is 2.19. The number of nitrogens with zero attached hydrogens (tertiary/aromatic N) is 4. The van der Waals surface area contributed by atoms with Crippen molar-refractivity contribution in [3.05, 3.63) is 59.7 Å². The van der Waals surface area contributed by atoms with E-state index in [0.29, 0.717) is 32.7 Å². The summed E-state index contributed by atoms with van der Waals surface area (Å²) in [5.74, 6) is 0.849. The molecule has 1 aliphatic rings. The molecule has 0 bridgehead atoms. The van der Waals surface area contributed by atoms with Gasteiger partial charge in [0.05, 0.1) is 18.1 Å². The van der Waals surface area contributed by atoms with Crippen molar-refractivity contribution in [2.45, 2.75) is 20.0 Å². The first-order valence-electron chi connectivity index (χ1n) is 10.5. The molecule has 1 N–H and O–H groups in total. The van der Waals surface area contributed by atoms with Crippen LogP contribution in [0.15, 0.2) is 42.5 Å². The Morgan fingerprint density at radius 2 is 1.94 bits per heavy atom. The first kappa shape index (κ1) is 21.1. The van der Waals surface area contributed by atoms with Crippen molar-refractivity contribution >= 4 is 17.1 Å². The number of para-hydroxylation sites is 2. The number of aryl methyl sites for hydroxylation is 1. The standard InChI is InChI=1S/C23H28FN5O2/c1-17-26-20-5-3-4-6-21(20)29(17)10-9-25-23(30)28-13-11-27(12-14-28)16-18-7-8-22(31-2)19(24)15-18/h3-8,15H,9-14,16H2,1-2H3,(H,25,30). The smallest absolute Gasteiger partial charge is 0.317 e. The zero-order valence-corrected chi connectivity index (χ0v) is 18.0. The second-order valence-electron chi connectivity index (χ2n) is 7.76. The second kappa shape index (κ2) is 9.34. The van der Waals surface area contributed by atoms with Gasteiger partial charge in [-0.3, -0.25) is 4.90 Å². The van der Waals surface area contributed by atoms with Crippen molar-refractivity contribution in [2.24, 2.45) is 0 Å². The van der Waals surface area contributed by atoms with Crippen molar-refractivity contribution in [2.75, 3.05) is 39.8 Å². The van der Waals surface area contributed by atoms with Crippen LogP contribution in [0.2, 0.25) is 0 Å². The summed E-state index contributed by atoms with van der Waals surface area (Å²) < 4.78 is 21.0. The van der Waals surface area contributed by atoms with Crippen LogP contribution in [0.3, 0.4) is 0 Å². The number of rotatable bonds is 6. The fourth-order valence-corrected chi connectivity index (χ4v) is 4.04. The van der Waals surface area contributed by atoms with Crippen LogP contribution in [0, 0.1) is 12.7 Å². The number of piperazine rings is 1. The average molecular weight is 426 g/mol. The highest BCUT2D eigenvalue weighted by atomic mass is 19.1. The fourth-order valence-electron chi connectivity index (χ4n) is 4.04. The number of aromatic nitrogens is 2. The van der Waals surface area contributed by atoms with Gasteiger partial charge in [-0.05, 0) is 36.8 Å². The van der Waals surface area contributed by atoms with E-state index in [-0.39, 0.29) is 17.6 Å². The van der Waals surface area contributed by atoms with Crippen LogP contribution in [-0.4, -0.2) is 65.2 Å². The lowest BCUT2D eigenvalue weighted by atomic mass is 10.2. The van der Waals surface area contributed by atoms with Crippen molar-refractivity contribution in [1.29, 1.82) is 0 Å². The van der Waals surface area contributed by atoms with Crippen molar-refractivity contribution in [3.63, 3.8) is 0 Å². The lowest BCUT2D eigenvalue weighted by molar-refractivity contribution is 0.135. The van der Waals surface area contributed by atoms with E-state index in [1.807, 2.05) is 42.2 Å². The van der Waals surface area contributed by atoms with Gasteiger partial charge in [0.25, 0.3) is 0 Å². The number of halogens is 1. The number of carbonyl (C=O) groups excluding carboxylic acids is 1. The summed E-state index contributed by atoms with van der Waals surface area (Å²) in [6, 6.07) is 13.0. The summed E-state index contributed by atoms with van der Waals surface area (Å²) >= 11 is 0. The lowest BCUT2D eigenvalue weighted by Gasteiger charge is -2.34. The van der Waals surface area contributed by atoms with Gasteiger partial charge < -0.3 is 19.5 Å². The number of urea groups is 1. The van der Waals surface area contributed by atoms with Gasteiger partial charge in [0.15, 0.2) is 11.6 Å². The molecule has 31 heavy (non-hydrogen) atoms. The Balaban J connectivity index is 1.24. The van der Waals surface area contributed by atoms with Crippen LogP contribution in [0.1, 0.15) is 11.4 Å². The number of amides is 2. The summed E-state index contributed by atoms with van der Waals surface area (Å²) in [6.07, 6.45) is 0. The molecule has 1 aromatic heterocycles. The van der Waals surface area contributed by atoms with Crippen LogP contribution in [0.4, 0.5) is 9.18 Å². The Bertz CT molecular complexity index is 1060. The van der Waals surface area contributed by atoms with Crippen LogP contribution >= 0.6 is 0 Å². The molecule has 1 aliphatic heterocycles. The highest BCUT2D eigenvalue weighted by molar-refractivity contribution is 5.76. The number of fused-ring (bicyclic) bond motifs is 1. The molecule has 0 atom stereocenters. The van der Waals surface area contributed by atoms with E-state index in [0.717, 1.165) is 35.5 Å². The minimum absolute atomic E-state index is 0.0442. The molecule has 2 aromatic carbocycles. The molecule has 2 amide bonds. The van der Waals surface area contributed by atoms with Gasteiger partial charge in [0.1, 0.15) is 5.82 Å². The number of imidazole rings is 1. The molecule has 164 valence electrons. The van der Waals surface area contributed by atoms with E-state index in [4.69, 9.17) is 4.74 Å². The normalized spacial score (nSPS) is 14.7. The number of methoxy groups -OCH3 is 1. The molecule has 0 spiro atoms. The number of hydrogen-bond donors (Lipinski definition) is 1. The van der Waals surface area contributed by atoms with Crippen molar-refractivity contribution in [3.8, 4) is 5.75 Å². The molecule has 0 radical (unpaired) electrons. The molecule has 1 saturated heterocycles. The zero-order chi connectivity index (χ0) is 21.8. The first-order valence-corrected chi connectivity index (χ1v) is 10.5. The Labute approximate surface area is 181 Å². The third kappa shape index (κ3) is 4.80. The maximum Gasteiger partial charge on any atom is 0.317 e. The molecule has 4 rings (SSSR count). The van der Waals surface area contributed by atoms with Gasteiger partial charge in [-0.2, -0.15) is 0 Å². The minimum Gasteiger partial charge on any atom is -0.494 e. The molecular weight excluding hydrogens is 397 g/mol. The number of carbonyl (C=O) groups is 1. The van der Waals surface area contributed by atoms with E-state index in [1.54, 1.807) is 6.07 Å². The van der Waals surface area contributed by atoms with E-state index in [9.17, 15) is 9.18 Å². The van der Waals surface area contributed by atoms with E-state index in [2.05, 4.69) is 19.8 Å². The summed E-state index contributed by atoms with van der Waals surface area (Å²) in [6.45, 7) is 6.68. The Morgan fingerprint density at radius 3 is 2.68 bits per heavy atom. The van der Waals surface area contributed by atoms with Gasteiger partial charge in [0, 0.05) is 45.8 Å². The minimum atomic E-state index is -0.348. The summed E-state index contributed by atoms with van der Waals surface area (Å²) in [7, 11) is 1.46. The van der Waals surface area contributed by atoms with Crippen LogP contribution in [0.25, 0.3) is 11.0 Å². The van der Waals surface area contributed by atoms with Crippen LogP contribution in [-0.2, 0) is 13.1 Å². The quantitative estimate of drug-likeness (QED) is 0.660. The van der Waals surface area contributed by atoms with Gasteiger partial charge in [-0.1, -0.05) is 18.2 Å². The van der Waals surface area contributed by atoms with Crippen LogP contribution < -0.4 is 10.1 Å². The van der Waals surface area contributed by atoms with Gasteiger partial charge in [-0.25, -0.2) is 14.2 Å². The van der Waals surface area contributed by atoms with Crippen molar-refractivity contribution < 1.29 is 13.9 Å². The fraction of sp³-hybridized carbons (Fsp3) is 0.391. The summed E-state index contributed by atoms with van der Waals surface area (Å²) in [5, 5.41) is 3.02. The maximum atomic E-state index is 13.9. The number of nitrogens with one attached hydrogen (secondary N) is 1. The predicted octanol–water partition coefficient (Wildman–Crippen LogP) is 3.02. The third-order valence-electron chi connectivity index (χ3n) is 5.74. The Morgan fingerprint density at radius 1 is 1.16 bits per heavy atom. The monoisotopic (exact) mass is 425 g/mol. The molecule has 1 fully saturated rings. The van der Waals surface area contributed by atoms with E-state index >= 15 is 0 Å². The molecular formula is C23H28FN5O2. The second-order valence-corrected chi connectivity index (χ2v) is 7.76. The Kier molecular flexibility index (Phi) is 6.36. The topological polar surface area (TPSA) is 62.6 Å². The predicted molar refractivity (Wildman–Crippen MR) is 118 cm³/mol. The molecule has 0 unspecified atom stereocenters. The van der Waals surface area contributed by atoms with E-state index in [1.165, 1.54) is 13.2 Å². The molecule has 0 saturated carbocycles. The first-order chi connectivity index (χ1) is 15.0. The van der Waals surface area contributed by atoms with E-state index < -0.39 is 0 Å². The molecule has 3 aromatic rings. The number of benzene rings is 2. The molecule has 8 heteroatoms. The zero-order valence-electron chi connectivity index (χ0n) is 18.0.